The van der Waals surface area contributed by atoms with E-state index in [0.29, 0.717) is 52.3 Å². The molecule has 1 atom stereocenters. The predicted octanol–water partition coefficient (Wildman–Crippen LogP) is 2.66. The number of hydrogen-bond donors (Lipinski definition) is 1. The minimum Gasteiger partial charge on any atom is -0.459 e. The van der Waals surface area contributed by atoms with Gasteiger partial charge in [-0.25, -0.2) is 0 Å². The number of benzene rings is 1. The van der Waals surface area contributed by atoms with Crippen LogP contribution in [0.3, 0.4) is 0 Å². The van der Waals surface area contributed by atoms with Gasteiger partial charge in [-0.3, -0.25) is 24.7 Å². The van der Waals surface area contributed by atoms with E-state index in [-0.39, 0.29) is 18.9 Å². The van der Waals surface area contributed by atoms with Gasteiger partial charge in [-0.2, -0.15) is 0 Å². The van der Waals surface area contributed by atoms with Crippen LogP contribution in [0.1, 0.15) is 33.9 Å². The zero-order valence-corrected chi connectivity index (χ0v) is 17.7. The molecule has 1 aromatic carbocycles. The number of imide groups is 1. The summed E-state index contributed by atoms with van der Waals surface area (Å²) in [5, 5.41) is 3.09. The second-order valence-corrected chi connectivity index (χ2v) is 8.45. The molecule has 9 heteroatoms. The number of furan rings is 2. The Balaban J connectivity index is 1.40. The lowest BCUT2D eigenvalue weighted by atomic mass is 9.82. The molecule has 3 aromatic heterocycles. The number of hydrogen-bond acceptors (Lipinski definition) is 7. The lowest BCUT2D eigenvalue weighted by Gasteiger charge is -2.28. The van der Waals surface area contributed by atoms with Crippen LogP contribution in [0.25, 0.3) is 22.1 Å². The van der Waals surface area contributed by atoms with Crippen molar-refractivity contribution < 1.29 is 28.0 Å². The Morgan fingerprint density at radius 3 is 2.79 bits per heavy atom. The van der Waals surface area contributed by atoms with Gasteiger partial charge in [-0.15, -0.1) is 0 Å². The maximum Gasteiger partial charge on any atom is 0.255 e. The number of nitrogens with one attached hydrogen (secondary N) is 1. The second-order valence-electron chi connectivity index (χ2n) is 8.45. The van der Waals surface area contributed by atoms with Crippen LogP contribution in [0.15, 0.2) is 51.4 Å². The van der Waals surface area contributed by atoms with E-state index in [9.17, 15) is 14.4 Å². The van der Waals surface area contributed by atoms with Crippen LogP contribution in [0.5, 0.6) is 0 Å². The lowest BCUT2D eigenvalue weighted by molar-refractivity contribution is -0.126. The van der Waals surface area contributed by atoms with Gasteiger partial charge in [0.05, 0.1) is 12.0 Å². The highest BCUT2D eigenvalue weighted by molar-refractivity contribution is 6.11. The van der Waals surface area contributed by atoms with Crippen molar-refractivity contribution in [2.75, 3.05) is 13.7 Å². The van der Waals surface area contributed by atoms with Crippen molar-refractivity contribution in [3.05, 3.63) is 65.2 Å². The smallest absolute Gasteiger partial charge is 0.255 e. The number of nitrogens with zero attached hydrogens (tertiary/aromatic N) is 2. The van der Waals surface area contributed by atoms with Crippen molar-refractivity contribution in [2.24, 2.45) is 0 Å². The molecular weight excluding hydrogens is 426 g/mol. The first-order valence-electron chi connectivity index (χ1n) is 10.5. The molecule has 0 unspecified atom stereocenters. The van der Waals surface area contributed by atoms with Crippen molar-refractivity contribution in [2.45, 2.75) is 25.0 Å². The second kappa shape index (κ2) is 7.01. The summed E-state index contributed by atoms with van der Waals surface area (Å²) < 4.78 is 16.9. The molecule has 3 amide bonds. The van der Waals surface area contributed by atoms with Crippen LogP contribution in [-0.2, 0) is 32.9 Å². The Bertz CT molecular complexity index is 1430. The Kier molecular flexibility index (Phi) is 4.18. The lowest BCUT2D eigenvalue weighted by Crippen LogP contribution is -2.46. The number of pyridine rings is 1. The molecule has 4 aromatic rings. The van der Waals surface area contributed by atoms with E-state index < -0.39 is 17.2 Å². The van der Waals surface area contributed by atoms with Crippen LogP contribution in [0.4, 0.5) is 0 Å². The number of fused-ring (bicyclic) bond motifs is 4. The summed E-state index contributed by atoms with van der Waals surface area (Å²) in [4.78, 5) is 44.7. The fourth-order valence-corrected chi connectivity index (χ4v) is 4.85. The highest BCUT2D eigenvalue weighted by atomic mass is 16.5. The summed E-state index contributed by atoms with van der Waals surface area (Å²) in [5.41, 5.74) is 1.75. The van der Waals surface area contributed by atoms with Crippen molar-refractivity contribution in [1.82, 2.24) is 15.2 Å². The molecule has 6 rings (SSSR count). The molecule has 2 aliphatic heterocycles. The number of rotatable bonds is 5. The van der Waals surface area contributed by atoms with E-state index in [4.69, 9.17) is 13.6 Å². The normalized spacial score (nSPS) is 20.3. The standard InChI is InChI=1S/C24H19N3O6/c1-31-11-14-7-15-17(32-14)5-4-13-10-27(22(29)21(13)15)12-24(9-20(28)26-23(24)30)19-8-16-18(33-19)3-2-6-25-16/h2-8H,9-12H2,1H3,(H,26,28,30)/t24-/m1/s1. The quantitative estimate of drug-likeness (QED) is 0.470. The van der Waals surface area contributed by atoms with Gasteiger partial charge in [0, 0.05) is 37.8 Å². The van der Waals surface area contributed by atoms with Crippen molar-refractivity contribution >= 4 is 39.8 Å². The Hall–Kier alpha value is -3.98. The maximum atomic E-state index is 13.5. The molecule has 0 spiro atoms. The topological polar surface area (TPSA) is 115 Å². The van der Waals surface area contributed by atoms with Crippen molar-refractivity contribution in [3.63, 3.8) is 0 Å². The Morgan fingerprint density at radius 2 is 2.03 bits per heavy atom. The van der Waals surface area contributed by atoms with Gasteiger partial charge in [0.2, 0.25) is 11.8 Å². The van der Waals surface area contributed by atoms with Crippen LogP contribution < -0.4 is 5.32 Å². The average molecular weight is 445 g/mol. The fraction of sp³-hybridized carbons (Fsp3) is 0.250. The molecule has 1 N–H and O–H groups in total. The molecule has 33 heavy (non-hydrogen) atoms. The van der Waals surface area contributed by atoms with Crippen molar-refractivity contribution in [3.8, 4) is 0 Å². The zero-order valence-electron chi connectivity index (χ0n) is 17.7. The van der Waals surface area contributed by atoms with E-state index >= 15 is 0 Å². The van der Waals surface area contributed by atoms with E-state index in [1.807, 2.05) is 18.2 Å². The summed E-state index contributed by atoms with van der Waals surface area (Å²) in [6.45, 7) is 0.617. The van der Waals surface area contributed by atoms with E-state index in [1.54, 1.807) is 36.4 Å². The third-order valence-corrected chi connectivity index (χ3v) is 6.36. The molecule has 0 radical (unpaired) electrons. The monoisotopic (exact) mass is 445 g/mol. The number of aromatic nitrogens is 1. The summed E-state index contributed by atoms with van der Waals surface area (Å²) in [5.74, 6) is -0.162. The molecule has 2 aliphatic rings. The average Bonchev–Trinajstić information content (AvgIpc) is 3.53. The number of carbonyl (C=O) groups excluding carboxylic acids is 3. The summed E-state index contributed by atoms with van der Waals surface area (Å²) >= 11 is 0. The van der Waals surface area contributed by atoms with Crippen LogP contribution >= 0.6 is 0 Å². The van der Waals surface area contributed by atoms with Gasteiger partial charge < -0.3 is 18.5 Å². The summed E-state index contributed by atoms with van der Waals surface area (Å²) in [6, 6.07) is 10.6. The van der Waals surface area contributed by atoms with Gasteiger partial charge in [-0.1, -0.05) is 6.07 Å². The molecule has 1 saturated heterocycles. The molecule has 5 heterocycles. The minimum atomic E-state index is -1.33. The first-order valence-corrected chi connectivity index (χ1v) is 10.5. The van der Waals surface area contributed by atoms with Crippen LogP contribution in [-0.4, -0.2) is 41.3 Å². The minimum absolute atomic E-state index is 0.00216. The first kappa shape index (κ1) is 19.7. The number of ether oxygens (including phenoxy) is 1. The number of amides is 3. The number of methoxy groups -OCH3 is 1. The molecule has 9 nitrogen and oxygen atoms in total. The highest BCUT2D eigenvalue weighted by Gasteiger charge is 2.53. The van der Waals surface area contributed by atoms with Gasteiger partial charge in [0.1, 0.15) is 34.6 Å². The third kappa shape index (κ3) is 2.89. The molecule has 0 saturated carbocycles. The van der Waals surface area contributed by atoms with Crippen LogP contribution in [0, 0.1) is 0 Å². The SMILES string of the molecule is COCc1cc2c3c(ccc2o1)CN(C[C@@]1(c2cc4ncccc4o2)CC(=O)NC1=O)C3=O. The largest absolute Gasteiger partial charge is 0.459 e. The fourth-order valence-electron chi connectivity index (χ4n) is 4.85. The van der Waals surface area contributed by atoms with Crippen molar-refractivity contribution in [1.29, 1.82) is 0 Å². The molecule has 1 fully saturated rings. The molecule has 0 bridgehead atoms. The Morgan fingerprint density at radius 1 is 1.15 bits per heavy atom. The van der Waals surface area contributed by atoms with Gasteiger partial charge >= 0.3 is 0 Å². The highest BCUT2D eigenvalue weighted by Crippen LogP contribution is 2.39. The zero-order chi connectivity index (χ0) is 22.7. The molecule has 0 aliphatic carbocycles. The maximum absolute atomic E-state index is 13.5. The molecular formula is C24H19N3O6. The van der Waals surface area contributed by atoms with Crippen LogP contribution in [0.2, 0.25) is 0 Å². The predicted molar refractivity (Wildman–Crippen MR) is 115 cm³/mol. The van der Waals surface area contributed by atoms with E-state index in [2.05, 4.69) is 10.3 Å². The third-order valence-electron chi connectivity index (χ3n) is 6.36. The van der Waals surface area contributed by atoms with Gasteiger partial charge in [0.15, 0.2) is 5.58 Å². The molecule has 166 valence electrons. The van der Waals surface area contributed by atoms with Gasteiger partial charge in [-0.05, 0) is 29.8 Å². The van der Waals surface area contributed by atoms with E-state index in [1.165, 1.54) is 0 Å². The number of carbonyl (C=O) groups is 3. The van der Waals surface area contributed by atoms with Gasteiger partial charge in [0.25, 0.3) is 5.91 Å². The summed E-state index contributed by atoms with van der Waals surface area (Å²) in [6.07, 6.45) is 1.52. The van der Waals surface area contributed by atoms with E-state index in [0.717, 1.165) is 5.56 Å². The first-order chi connectivity index (χ1) is 16.0. The summed E-state index contributed by atoms with van der Waals surface area (Å²) in [7, 11) is 1.57. The Labute approximate surface area is 187 Å².